The van der Waals surface area contributed by atoms with Gasteiger partial charge in [-0.1, -0.05) is 22.9 Å². The predicted molar refractivity (Wildman–Crippen MR) is 54.4 cm³/mol. The fraction of sp³-hybridized carbons (Fsp3) is 0.375. The van der Waals surface area contributed by atoms with Gasteiger partial charge in [0.2, 0.25) is 0 Å². The van der Waals surface area contributed by atoms with Gasteiger partial charge in [-0.3, -0.25) is 0 Å². The first-order valence-electron chi connectivity index (χ1n) is 3.95. The van der Waals surface area contributed by atoms with Gasteiger partial charge < -0.3 is 0 Å². The summed E-state index contributed by atoms with van der Waals surface area (Å²) in [6, 6.07) is 0. The highest BCUT2D eigenvalue weighted by molar-refractivity contribution is 7.18. The average Bonchev–Trinajstić information content (AvgIpc) is 2.48. The Bertz CT molecular complexity index is 477. The molecule has 0 unspecified atom stereocenters. The minimum Gasteiger partial charge on any atom is -0.237 e. The van der Waals surface area contributed by atoms with E-state index < -0.39 is 5.67 Å². The van der Waals surface area contributed by atoms with Gasteiger partial charge in [-0.05, 0) is 13.8 Å². The zero-order valence-corrected chi connectivity index (χ0v) is 9.16. The van der Waals surface area contributed by atoms with Crippen LogP contribution in [0.25, 0.3) is 10.3 Å². The zero-order valence-electron chi connectivity index (χ0n) is 7.58. The summed E-state index contributed by atoms with van der Waals surface area (Å²) in [7, 11) is 0. The number of hydrogen-bond acceptors (Lipinski definition) is 4. The number of fused-ring (bicyclic) bond motifs is 1. The molecule has 2 aromatic rings. The van der Waals surface area contributed by atoms with E-state index in [0.717, 1.165) is 0 Å². The minimum absolute atomic E-state index is 0.266. The summed E-state index contributed by atoms with van der Waals surface area (Å²) < 4.78 is 13.5. The van der Waals surface area contributed by atoms with Gasteiger partial charge in [0.15, 0.2) is 10.8 Å². The molecule has 0 aliphatic carbocycles. The first-order chi connectivity index (χ1) is 6.48. The van der Waals surface area contributed by atoms with Gasteiger partial charge in [0.1, 0.15) is 21.7 Å². The van der Waals surface area contributed by atoms with E-state index in [1.165, 1.54) is 31.5 Å². The lowest BCUT2D eigenvalue weighted by Gasteiger charge is -2.07. The molecule has 0 N–H and O–H groups in total. The van der Waals surface area contributed by atoms with Crippen molar-refractivity contribution in [1.82, 2.24) is 15.0 Å². The van der Waals surface area contributed by atoms with E-state index in [2.05, 4.69) is 15.0 Å². The second-order valence-electron chi connectivity index (χ2n) is 3.31. The van der Waals surface area contributed by atoms with Gasteiger partial charge >= 0.3 is 0 Å². The lowest BCUT2D eigenvalue weighted by Crippen LogP contribution is -2.07. The Morgan fingerprint density at radius 1 is 1.43 bits per heavy atom. The Hall–Kier alpha value is -0.810. The van der Waals surface area contributed by atoms with Crippen LogP contribution in [0.3, 0.4) is 0 Å². The molecule has 0 aliphatic heterocycles. The van der Waals surface area contributed by atoms with Crippen molar-refractivity contribution in [1.29, 1.82) is 0 Å². The molecule has 0 saturated heterocycles. The predicted octanol–water partition coefficient (Wildman–Crippen LogP) is 2.94. The maximum atomic E-state index is 13.5. The Balaban J connectivity index is 2.69. The van der Waals surface area contributed by atoms with Gasteiger partial charge in [-0.2, -0.15) is 0 Å². The maximum absolute atomic E-state index is 13.5. The van der Waals surface area contributed by atoms with Crippen molar-refractivity contribution in [2.24, 2.45) is 0 Å². The van der Waals surface area contributed by atoms with Crippen LogP contribution in [0, 0.1) is 0 Å². The number of rotatable bonds is 1. The second kappa shape index (κ2) is 3.10. The van der Waals surface area contributed by atoms with Crippen LogP contribution < -0.4 is 0 Å². The van der Waals surface area contributed by atoms with Crippen LogP contribution in [0.4, 0.5) is 4.39 Å². The van der Waals surface area contributed by atoms with Crippen molar-refractivity contribution < 1.29 is 4.39 Å². The highest BCUT2D eigenvalue weighted by atomic mass is 35.5. The van der Waals surface area contributed by atoms with Gasteiger partial charge in [0.25, 0.3) is 0 Å². The molecule has 0 atom stereocenters. The first kappa shape index (κ1) is 9.73. The maximum Gasteiger partial charge on any atom is 0.159 e. The number of halogens is 2. The third kappa shape index (κ3) is 1.57. The van der Waals surface area contributed by atoms with Crippen LogP contribution in [-0.2, 0) is 5.67 Å². The third-order valence-electron chi connectivity index (χ3n) is 1.66. The SMILES string of the molecule is CC(C)(F)c1nc2c(Cl)ncnc2s1. The van der Waals surface area contributed by atoms with Crippen molar-refractivity contribution >= 4 is 33.3 Å². The van der Waals surface area contributed by atoms with Gasteiger partial charge in [0.05, 0.1) is 0 Å². The summed E-state index contributed by atoms with van der Waals surface area (Å²) in [4.78, 5) is 12.4. The Labute approximate surface area is 89.0 Å². The van der Waals surface area contributed by atoms with Crippen LogP contribution in [0.1, 0.15) is 18.9 Å². The summed E-state index contributed by atoms with van der Waals surface area (Å²) in [5.41, 5.74) is -0.991. The molecule has 0 saturated carbocycles. The van der Waals surface area contributed by atoms with Crippen molar-refractivity contribution in [3.05, 3.63) is 16.5 Å². The Kier molecular flexibility index (Phi) is 2.16. The molecular formula is C8H7ClFN3S. The quantitative estimate of drug-likeness (QED) is 0.709. The van der Waals surface area contributed by atoms with Gasteiger partial charge in [-0.15, -0.1) is 0 Å². The van der Waals surface area contributed by atoms with Gasteiger partial charge in [-0.25, -0.2) is 19.3 Å². The molecule has 6 heteroatoms. The largest absolute Gasteiger partial charge is 0.237 e. The highest BCUT2D eigenvalue weighted by Gasteiger charge is 2.24. The van der Waals surface area contributed by atoms with Crippen molar-refractivity contribution in [3.63, 3.8) is 0 Å². The lowest BCUT2D eigenvalue weighted by molar-refractivity contribution is 0.221. The second-order valence-corrected chi connectivity index (χ2v) is 4.65. The van der Waals surface area contributed by atoms with E-state index in [0.29, 0.717) is 15.4 Å². The number of aromatic nitrogens is 3. The molecule has 3 nitrogen and oxygen atoms in total. The molecule has 0 radical (unpaired) electrons. The minimum atomic E-state index is -1.46. The normalized spacial score (nSPS) is 12.3. The van der Waals surface area contributed by atoms with E-state index in [1.54, 1.807) is 0 Å². The van der Waals surface area contributed by atoms with Crippen molar-refractivity contribution in [2.75, 3.05) is 0 Å². The van der Waals surface area contributed by atoms with Crippen LogP contribution in [-0.4, -0.2) is 15.0 Å². The van der Waals surface area contributed by atoms with Crippen LogP contribution in [0.5, 0.6) is 0 Å². The summed E-state index contributed by atoms with van der Waals surface area (Å²) in [6.45, 7) is 2.90. The van der Waals surface area contributed by atoms with Crippen molar-refractivity contribution in [2.45, 2.75) is 19.5 Å². The monoisotopic (exact) mass is 231 g/mol. The fourth-order valence-corrected chi connectivity index (χ4v) is 2.11. The van der Waals surface area contributed by atoms with Crippen LogP contribution >= 0.6 is 22.9 Å². The van der Waals surface area contributed by atoms with E-state index in [4.69, 9.17) is 11.6 Å². The summed E-state index contributed by atoms with van der Waals surface area (Å²) in [5.74, 6) is 0. The van der Waals surface area contributed by atoms with E-state index in [9.17, 15) is 4.39 Å². The summed E-state index contributed by atoms with van der Waals surface area (Å²) >= 11 is 6.99. The molecule has 0 aromatic carbocycles. The molecule has 0 bridgehead atoms. The Morgan fingerprint density at radius 3 is 2.71 bits per heavy atom. The molecule has 14 heavy (non-hydrogen) atoms. The molecule has 2 heterocycles. The molecule has 0 spiro atoms. The third-order valence-corrected chi connectivity index (χ3v) is 3.20. The molecule has 0 aliphatic rings. The topological polar surface area (TPSA) is 38.7 Å². The number of thiazole rings is 1. The number of hydrogen-bond donors (Lipinski definition) is 0. The lowest BCUT2D eigenvalue weighted by atomic mass is 10.2. The fourth-order valence-electron chi connectivity index (χ4n) is 0.981. The standard InChI is InChI=1S/C8H7ClFN3S/c1-8(2,10)7-13-4-5(9)11-3-12-6(4)14-7/h3H,1-2H3. The van der Waals surface area contributed by atoms with E-state index in [-0.39, 0.29) is 5.15 Å². The molecular weight excluding hydrogens is 225 g/mol. The summed E-state index contributed by atoms with van der Waals surface area (Å²) in [6.07, 6.45) is 1.35. The molecule has 74 valence electrons. The van der Waals surface area contributed by atoms with E-state index in [1.807, 2.05) is 0 Å². The smallest absolute Gasteiger partial charge is 0.159 e. The van der Waals surface area contributed by atoms with Crippen molar-refractivity contribution in [3.8, 4) is 0 Å². The summed E-state index contributed by atoms with van der Waals surface area (Å²) in [5, 5.41) is 0.636. The number of nitrogens with zero attached hydrogens (tertiary/aromatic N) is 3. The molecule has 2 aromatic heterocycles. The van der Waals surface area contributed by atoms with E-state index >= 15 is 0 Å². The zero-order chi connectivity index (χ0) is 10.3. The molecule has 0 fully saturated rings. The molecule has 2 rings (SSSR count). The van der Waals surface area contributed by atoms with Crippen LogP contribution in [0.2, 0.25) is 5.15 Å². The first-order valence-corrected chi connectivity index (χ1v) is 5.14. The average molecular weight is 232 g/mol. The van der Waals surface area contributed by atoms with Gasteiger partial charge in [0, 0.05) is 0 Å². The molecule has 0 amide bonds. The number of alkyl halides is 1. The Morgan fingerprint density at radius 2 is 2.14 bits per heavy atom. The highest BCUT2D eigenvalue weighted by Crippen LogP contribution is 2.32. The van der Waals surface area contributed by atoms with Crippen LogP contribution in [0.15, 0.2) is 6.33 Å².